The first-order valence-corrected chi connectivity index (χ1v) is 9.21. The van der Waals surface area contributed by atoms with Crippen LogP contribution in [0.5, 0.6) is 0 Å². The quantitative estimate of drug-likeness (QED) is 0.723. The van der Waals surface area contributed by atoms with Gasteiger partial charge in [-0.2, -0.15) is 0 Å². The van der Waals surface area contributed by atoms with Crippen molar-refractivity contribution >= 4 is 35.3 Å². The van der Waals surface area contributed by atoms with E-state index in [1.165, 1.54) is 11.9 Å². The first-order valence-electron chi connectivity index (χ1n) is 8.83. The maximum atomic E-state index is 13.0. The van der Waals surface area contributed by atoms with Gasteiger partial charge in [0, 0.05) is 19.1 Å². The van der Waals surface area contributed by atoms with Gasteiger partial charge in [-0.3, -0.25) is 14.6 Å². The van der Waals surface area contributed by atoms with Crippen LogP contribution < -0.4 is 0 Å². The number of benzene rings is 1. The molecule has 8 nitrogen and oxygen atoms in total. The summed E-state index contributed by atoms with van der Waals surface area (Å²) in [7, 11) is 3.11. The van der Waals surface area contributed by atoms with Gasteiger partial charge < -0.3 is 0 Å². The van der Waals surface area contributed by atoms with Crippen molar-refractivity contribution in [2.24, 2.45) is 4.99 Å². The van der Waals surface area contributed by atoms with Gasteiger partial charge in [-0.15, -0.1) is 9.78 Å². The standard InChI is InChI=1S/C19H20ClN6O2/c1-11-8-12(2)26(22-11)18-21-16-15(17(27)24(4)19(28)23(16)3)25(18)10-13-6-5-7-14(20)9-13/h5-9,15H,10H2,1-4H3/q+1. The predicted molar refractivity (Wildman–Crippen MR) is 105 cm³/mol. The Morgan fingerprint density at radius 3 is 2.54 bits per heavy atom. The molecule has 2 aliphatic heterocycles. The minimum atomic E-state index is -0.703. The molecular formula is C19H20ClN6O2+. The lowest BCUT2D eigenvalue weighted by Gasteiger charge is -2.31. The molecule has 4 rings (SSSR count). The van der Waals surface area contributed by atoms with E-state index in [9.17, 15) is 9.59 Å². The first-order chi connectivity index (χ1) is 13.3. The van der Waals surface area contributed by atoms with Crippen LogP contribution in [0.4, 0.5) is 4.79 Å². The van der Waals surface area contributed by atoms with Crippen molar-refractivity contribution in [2.45, 2.75) is 26.4 Å². The smallest absolute Gasteiger partial charge is 0.270 e. The SMILES string of the molecule is Cc1cc(C)n(C2=[N+](Cc3cccc(Cl)c3)C3C(=O)N(C)C(=O)N(C)C3=N2)n1. The van der Waals surface area contributed by atoms with Crippen LogP contribution in [-0.2, 0) is 11.3 Å². The van der Waals surface area contributed by atoms with E-state index in [-0.39, 0.29) is 5.91 Å². The van der Waals surface area contributed by atoms with Crippen molar-refractivity contribution < 1.29 is 14.2 Å². The van der Waals surface area contributed by atoms with Crippen LogP contribution in [-0.4, -0.2) is 68.0 Å². The number of aromatic nitrogens is 2. The van der Waals surface area contributed by atoms with Crippen LogP contribution in [0.1, 0.15) is 17.0 Å². The number of hydrogen-bond donors (Lipinski definition) is 0. The van der Waals surface area contributed by atoms with Crippen molar-refractivity contribution in [3.63, 3.8) is 0 Å². The lowest BCUT2D eigenvalue weighted by atomic mass is 10.1. The Bertz CT molecular complexity index is 1070. The molecule has 1 saturated heterocycles. The molecular weight excluding hydrogens is 380 g/mol. The third-order valence-corrected chi connectivity index (χ3v) is 5.19. The monoisotopic (exact) mass is 399 g/mol. The molecule has 1 aromatic heterocycles. The molecule has 1 fully saturated rings. The number of likely N-dealkylation sites (N-methyl/N-ethyl adjacent to an activating group) is 2. The Kier molecular flexibility index (Phi) is 4.30. The number of carbonyl (C=O) groups is 2. The predicted octanol–water partition coefficient (Wildman–Crippen LogP) is 1.87. The van der Waals surface area contributed by atoms with Gasteiger partial charge in [0.2, 0.25) is 11.9 Å². The molecule has 3 amide bonds. The second-order valence-corrected chi connectivity index (χ2v) is 7.44. The maximum Gasteiger partial charge on any atom is 0.421 e. The molecule has 0 saturated carbocycles. The van der Waals surface area contributed by atoms with Crippen LogP contribution in [0.2, 0.25) is 5.02 Å². The molecule has 3 heterocycles. The number of urea groups is 1. The molecule has 0 spiro atoms. The molecule has 1 aromatic carbocycles. The highest BCUT2D eigenvalue weighted by Gasteiger charge is 2.52. The number of fused-ring (bicyclic) bond motifs is 1. The first kappa shape index (κ1) is 18.4. The molecule has 28 heavy (non-hydrogen) atoms. The normalized spacial score (nSPS) is 19.5. The zero-order valence-corrected chi connectivity index (χ0v) is 16.8. The second-order valence-electron chi connectivity index (χ2n) is 7.01. The Morgan fingerprint density at radius 2 is 1.89 bits per heavy atom. The number of carbonyl (C=O) groups excluding carboxylic acids is 2. The van der Waals surface area contributed by atoms with E-state index in [0.717, 1.165) is 21.9 Å². The lowest BCUT2D eigenvalue weighted by molar-refractivity contribution is -0.553. The Balaban J connectivity index is 1.88. The van der Waals surface area contributed by atoms with E-state index < -0.39 is 12.1 Å². The van der Waals surface area contributed by atoms with Crippen molar-refractivity contribution in [2.75, 3.05) is 14.1 Å². The molecule has 1 atom stereocenters. The number of rotatable bonds is 2. The molecule has 2 aromatic rings. The molecule has 144 valence electrons. The number of aliphatic imine (C=N–C) groups is 1. The minimum absolute atomic E-state index is 0.319. The van der Waals surface area contributed by atoms with Crippen LogP contribution in [0.3, 0.4) is 0 Å². The Morgan fingerprint density at radius 1 is 1.14 bits per heavy atom. The van der Waals surface area contributed by atoms with Crippen LogP contribution in [0.15, 0.2) is 35.3 Å². The highest BCUT2D eigenvalue weighted by molar-refractivity contribution is 6.30. The Hall–Kier alpha value is -3.00. The molecule has 0 radical (unpaired) electrons. The summed E-state index contributed by atoms with van der Waals surface area (Å²) in [4.78, 5) is 32.6. The number of nitrogens with zero attached hydrogens (tertiary/aromatic N) is 6. The second kappa shape index (κ2) is 6.56. The van der Waals surface area contributed by atoms with E-state index in [1.54, 1.807) is 17.8 Å². The van der Waals surface area contributed by atoms with Crippen molar-refractivity contribution in [3.8, 4) is 0 Å². The summed E-state index contributed by atoms with van der Waals surface area (Å²) < 4.78 is 3.57. The topological polar surface area (TPSA) is 73.8 Å². The molecule has 2 aliphatic rings. The molecule has 9 heteroatoms. The van der Waals surface area contributed by atoms with Crippen molar-refractivity contribution in [1.29, 1.82) is 0 Å². The van der Waals surface area contributed by atoms with E-state index in [1.807, 2.05) is 42.7 Å². The Labute approximate surface area is 167 Å². The number of amides is 3. The number of amidine groups is 1. The zero-order chi connectivity index (χ0) is 20.2. The average Bonchev–Trinajstić information content (AvgIpc) is 3.17. The maximum absolute atomic E-state index is 13.0. The fraction of sp³-hybridized carbons (Fsp3) is 0.316. The van der Waals surface area contributed by atoms with Gasteiger partial charge in [0.15, 0.2) is 0 Å². The number of halogens is 1. The third kappa shape index (κ3) is 2.80. The van der Waals surface area contributed by atoms with E-state index in [2.05, 4.69) is 10.1 Å². The van der Waals surface area contributed by atoms with Crippen LogP contribution in [0, 0.1) is 13.8 Å². The highest BCUT2D eigenvalue weighted by atomic mass is 35.5. The van der Waals surface area contributed by atoms with Crippen LogP contribution in [0.25, 0.3) is 0 Å². The zero-order valence-electron chi connectivity index (χ0n) is 16.0. The summed E-state index contributed by atoms with van der Waals surface area (Å²) >= 11 is 6.14. The summed E-state index contributed by atoms with van der Waals surface area (Å²) in [6, 6.07) is 8.29. The molecule has 0 N–H and O–H groups in total. The van der Waals surface area contributed by atoms with Gasteiger partial charge in [-0.05, 0) is 37.6 Å². The molecule has 0 bridgehead atoms. The fourth-order valence-electron chi connectivity index (χ4n) is 3.58. The van der Waals surface area contributed by atoms with Gasteiger partial charge in [0.05, 0.1) is 12.2 Å². The van der Waals surface area contributed by atoms with Crippen LogP contribution >= 0.6 is 11.6 Å². The number of hydrogen-bond acceptors (Lipinski definition) is 4. The third-order valence-electron chi connectivity index (χ3n) is 4.95. The van der Waals surface area contributed by atoms with Gasteiger partial charge in [0.1, 0.15) is 5.69 Å². The summed E-state index contributed by atoms with van der Waals surface area (Å²) in [6.45, 7) is 4.22. The van der Waals surface area contributed by atoms with E-state index in [0.29, 0.717) is 23.4 Å². The molecule has 1 unspecified atom stereocenters. The van der Waals surface area contributed by atoms with E-state index >= 15 is 0 Å². The average molecular weight is 400 g/mol. The van der Waals surface area contributed by atoms with Gasteiger partial charge in [0.25, 0.3) is 5.91 Å². The highest BCUT2D eigenvalue weighted by Crippen LogP contribution is 2.22. The molecule has 0 aliphatic carbocycles. The van der Waals surface area contributed by atoms with Gasteiger partial charge in [-0.1, -0.05) is 28.7 Å². The summed E-state index contributed by atoms with van der Waals surface area (Å²) in [5, 5.41) is 5.14. The summed E-state index contributed by atoms with van der Waals surface area (Å²) in [5.74, 6) is 0.590. The number of aryl methyl sites for hydroxylation is 2. The largest absolute Gasteiger partial charge is 0.421 e. The summed E-state index contributed by atoms with van der Waals surface area (Å²) in [6.07, 6.45) is 0. The fourth-order valence-corrected chi connectivity index (χ4v) is 3.79. The minimum Gasteiger partial charge on any atom is -0.270 e. The van der Waals surface area contributed by atoms with E-state index in [4.69, 9.17) is 11.6 Å². The van der Waals surface area contributed by atoms with Crippen molar-refractivity contribution in [3.05, 3.63) is 52.3 Å². The summed E-state index contributed by atoms with van der Waals surface area (Å²) in [5.41, 5.74) is 2.66. The van der Waals surface area contributed by atoms with Crippen molar-refractivity contribution in [1.82, 2.24) is 19.6 Å². The lowest BCUT2D eigenvalue weighted by Crippen LogP contribution is -2.61. The van der Waals surface area contributed by atoms with Gasteiger partial charge in [-0.25, -0.2) is 9.37 Å². The van der Waals surface area contributed by atoms with Gasteiger partial charge >= 0.3 is 12.0 Å². The number of imide groups is 1.